The molecule has 3 heteroatoms. The van der Waals surface area contributed by atoms with Crippen LogP contribution >= 0.6 is 0 Å². The van der Waals surface area contributed by atoms with Crippen molar-refractivity contribution in [3.05, 3.63) is 59.2 Å². The molecule has 0 bridgehead atoms. The van der Waals surface area contributed by atoms with Gasteiger partial charge in [-0.05, 0) is 59.9 Å². The van der Waals surface area contributed by atoms with Gasteiger partial charge in [-0.15, -0.1) is 0 Å². The Hall–Kier alpha value is -2.13. The molecule has 1 fully saturated rings. The number of likely N-dealkylation sites (tertiary alicyclic amines) is 1. The molecule has 2 aromatic rings. The van der Waals surface area contributed by atoms with E-state index in [0.717, 1.165) is 45.2 Å². The first-order chi connectivity index (χ1) is 12.2. The zero-order valence-electron chi connectivity index (χ0n) is 14.7. The number of piperidine rings is 1. The van der Waals surface area contributed by atoms with Crippen LogP contribution in [-0.4, -0.2) is 29.9 Å². The van der Waals surface area contributed by atoms with Gasteiger partial charge < -0.3 is 10.6 Å². The Balaban J connectivity index is 1.35. The van der Waals surface area contributed by atoms with Crippen LogP contribution in [0.3, 0.4) is 0 Å². The lowest BCUT2D eigenvalue weighted by Gasteiger charge is -2.30. The number of rotatable bonds is 4. The summed E-state index contributed by atoms with van der Waals surface area (Å²) in [5, 5.41) is 0. The third-order valence-electron chi connectivity index (χ3n) is 5.61. The van der Waals surface area contributed by atoms with Crippen molar-refractivity contribution in [3.8, 4) is 11.1 Å². The summed E-state index contributed by atoms with van der Waals surface area (Å²) in [5.74, 6) is 0.290. The summed E-state index contributed by atoms with van der Waals surface area (Å²) in [5.41, 5.74) is 12.9. The molecule has 0 atom stereocenters. The number of fused-ring (bicyclic) bond motifs is 3. The summed E-state index contributed by atoms with van der Waals surface area (Å²) in [4.78, 5) is 14.3. The third-order valence-corrected chi connectivity index (χ3v) is 5.61. The Morgan fingerprint density at radius 2 is 1.80 bits per heavy atom. The van der Waals surface area contributed by atoms with Crippen molar-refractivity contribution in [2.24, 2.45) is 5.73 Å². The molecule has 0 aromatic heterocycles. The molecule has 2 N–H and O–H groups in total. The number of amides is 1. The fourth-order valence-electron chi connectivity index (χ4n) is 4.08. The van der Waals surface area contributed by atoms with Crippen LogP contribution in [0, 0.1) is 0 Å². The summed E-state index contributed by atoms with van der Waals surface area (Å²) in [7, 11) is 0. The van der Waals surface area contributed by atoms with Gasteiger partial charge in [0.2, 0.25) is 5.91 Å². The summed E-state index contributed by atoms with van der Waals surface area (Å²) in [6.45, 7) is 1.66. The van der Waals surface area contributed by atoms with E-state index in [1.165, 1.54) is 27.8 Å². The second-order valence-electron chi connectivity index (χ2n) is 7.40. The van der Waals surface area contributed by atoms with E-state index in [4.69, 9.17) is 5.73 Å². The third kappa shape index (κ3) is 3.47. The minimum absolute atomic E-state index is 0.276. The van der Waals surface area contributed by atoms with Gasteiger partial charge in [0, 0.05) is 25.6 Å². The van der Waals surface area contributed by atoms with E-state index in [2.05, 4.69) is 42.5 Å². The molecule has 1 aliphatic carbocycles. The van der Waals surface area contributed by atoms with Crippen LogP contribution in [0.5, 0.6) is 0 Å². The molecule has 1 heterocycles. The molecule has 1 saturated heterocycles. The van der Waals surface area contributed by atoms with Gasteiger partial charge >= 0.3 is 0 Å². The minimum Gasteiger partial charge on any atom is -0.343 e. The normalized spacial score (nSPS) is 16.6. The monoisotopic (exact) mass is 334 g/mol. The van der Waals surface area contributed by atoms with E-state index >= 15 is 0 Å². The lowest BCUT2D eigenvalue weighted by atomic mass is 9.99. The van der Waals surface area contributed by atoms with E-state index in [9.17, 15) is 4.79 Å². The van der Waals surface area contributed by atoms with Crippen molar-refractivity contribution < 1.29 is 4.79 Å². The van der Waals surface area contributed by atoms with Crippen molar-refractivity contribution in [2.45, 2.75) is 44.6 Å². The number of carbonyl (C=O) groups excluding carboxylic acids is 1. The van der Waals surface area contributed by atoms with Crippen molar-refractivity contribution in [2.75, 3.05) is 13.1 Å². The number of carbonyl (C=O) groups is 1. The lowest BCUT2D eigenvalue weighted by molar-refractivity contribution is -0.132. The maximum Gasteiger partial charge on any atom is 0.222 e. The van der Waals surface area contributed by atoms with Crippen LogP contribution in [0.4, 0.5) is 0 Å². The summed E-state index contributed by atoms with van der Waals surface area (Å²) < 4.78 is 0. The Bertz CT molecular complexity index is 775. The molecule has 0 spiro atoms. The van der Waals surface area contributed by atoms with Crippen LogP contribution in [0.25, 0.3) is 11.1 Å². The largest absolute Gasteiger partial charge is 0.343 e. The van der Waals surface area contributed by atoms with E-state index in [1.807, 2.05) is 4.90 Å². The van der Waals surface area contributed by atoms with Gasteiger partial charge in [0.25, 0.3) is 0 Å². The average molecular weight is 334 g/mol. The number of aryl methyl sites for hydroxylation is 1. The Labute approximate surface area is 149 Å². The van der Waals surface area contributed by atoms with E-state index in [1.54, 1.807) is 0 Å². The zero-order chi connectivity index (χ0) is 17.2. The Morgan fingerprint density at radius 1 is 1.04 bits per heavy atom. The van der Waals surface area contributed by atoms with Crippen molar-refractivity contribution in [1.29, 1.82) is 0 Å². The maximum absolute atomic E-state index is 12.3. The molecule has 1 aliphatic heterocycles. The quantitative estimate of drug-likeness (QED) is 0.793. The van der Waals surface area contributed by atoms with Gasteiger partial charge in [-0.1, -0.05) is 42.5 Å². The summed E-state index contributed by atoms with van der Waals surface area (Å²) in [6.07, 6.45) is 5.45. The molecule has 0 radical (unpaired) electrons. The standard InChI is InChI=1S/C22H26N2O/c23-19-10-12-24(13-11-19)22(25)7-3-4-16-8-9-18-15-17-5-1-2-6-20(17)21(18)14-16/h1-2,5-6,8-9,14,19H,3-4,7,10-13,15,23H2. The summed E-state index contributed by atoms with van der Waals surface area (Å²) >= 11 is 0. The first kappa shape index (κ1) is 16.3. The lowest BCUT2D eigenvalue weighted by Crippen LogP contribution is -2.42. The molecular weight excluding hydrogens is 308 g/mol. The second kappa shape index (κ2) is 7.01. The predicted molar refractivity (Wildman–Crippen MR) is 101 cm³/mol. The summed E-state index contributed by atoms with van der Waals surface area (Å²) in [6, 6.07) is 15.8. The highest BCUT2D eigenvalue weighted by molar-refractivity contribution is 5.77. The number of nitrogens with two attached hydrogens (primary N) is 1. The highest BCUT2D eigenvalue weighted by atomic mass is 16.2. The van der Waals surface area contributed by atoms with Crippen LogP contribution in [0.15, 0.2) is 42.5 Å². The average Bonchev–Trinajstić information content (AvgIpc) is 3.00. The van der Waals surface area contributed by atoms with Gasteiger partial charge in [0.1, 0.15) is 0 Å². The highest BCUT2D eigenvalue weighted by Crippen LogP contribution is 2.37. The van der Waals surface area contributed by atoms with Gasteiger partial charge in [0.15, 0.2) is 0 Å². The zero-order valence-corrected chi connectivity index (χ0v) is 14.7. The minimum atomic E-state index is 0.276. The number of hydrogen-bond donors (Lipinski definition) is 1. The molecule has 25 heavy (non-hydrogen) atoms. The molecule has 2 aromatic carbocycles. The number of nitrogens with zero attached hydrogens (tertiary/aromatic N) is 1. The van der Waals surface area contributed by atoms with E-state index < -0.39 is 0 Å². The first-order valence-corrected chi connectivity index (χ1v) is 9.44. The maximum atomic E-state index is 12.3. The molecule has 1 amide bonds. The topological polar surface area (TPSA) is 46.3 Å². The number of hydrogen-bond acceptors (Lipinski definition) is 2. The molecule has 2 aliphatic rings. The van der Waals surface area contributed by atoms with Crippen LogP contribution in [0.1, 0.15) is 42.4 Å². The fraction of sp³-hybridized carbons (Fsp3) is 0.409. The number of benzene rings is 2. The van der Waals surface area contributed by atoms with Crippen molar-refractivity contribution >= 4 is 5.91 Å². The van der Waals surface area contributed by atoms with Gasteiger partial charge in [-0.25, -0.2) is 0 Å². The predicted octanol–water partition coefficient (Wildman–Crippen LogP) is 3.53. The van der Waals surface area contributed by atoms with Crippen molar-refractivity contribution in [3.63, 3.8) is 0 Å². The molecule has 130 valence electrons. The smallest absolute Gasteiger partial charge is 0.222 e. The van der Waals surface area contributed by atoms with Crippen LogP contribution < -0.4 is 5.73 Å². The Kier molecular flexibility index (Phi) is 4.58. The Morgan fingerprint density at radius 3 is 2.64 bits per heavy atom. The van der Waals surface area contributed by atoms with E-state index in [0.29, 0.717) is 12.3 Å². The molecule has 4 rings (SSSR count). The highest BCUT2D eigenvalue weighted by Gasteiger charge is 2.20. The fourth-order valence-corrected chi connectivity index (χ4v) is 4.08. The molecule has 3 nitrogen and oxygen atoms in total. The molecular formula is C22H26N2O. The first-order valence-electron chi connectivity index (χ1n) is 9.44. The van der Waals surface area contributed by atoms with Crippen LogP contribution in [-0.2, 0) is 17.6 Å². The van der Waals surface area contributed by atoms with E-state index in [-0.39, 0.29) is 6.04 Å². The van der Waals surface area contributed by atoms with Crippen LogP contribution in [0.2, 0.25) is 0 Å². The SMILES string of the molecule is NC1CCN(C(=O)CCCc2ccc3c(c2)-c2ccccc2C3)CC1. The van der Waals surface area contributed by atoms with Gasteiger partial charge in [0.05, 0.1) is 0 Å². The van der Waals surface area contributed by atoms with Gasteiger partial charge in [-0.3, -0.25) is 4.79 Å². The molecule has 0 saturated carbocycles. The second-order valence-corrected chi connectivity index (χ2v) is 7.40. The molecule has 0 unspecified atom stereocenters. The van der Waals surface area contributed by atoms with Crippen molar-refractivity contribution in [1.82, 2.24) is 4.90 Å². The van der Waals surface area contributed by atoms with Gasteiger partial charge in [-0.2, -0.15) is 0 Å².